The SMILES string of the molecule is CN1C(=O)C(C)(C)COc2cc(NC(=O)c3ccc(F)c(F)c3)ccc21. The standard InChI is InChI=1S/C19H18F2N2O3/c1-19(2)10-26-16-9-12(5-7-15(16)23(3)18(19)25)22-17(24)11-4-6-13(20)14(21)8-11/h4-9H,10H2,1-3H3,(H,22,24). The fourth-order valence-electron chi connectivity index (χ4n) is 2.71. The zero-order valence-corrected chi connectivity index (χ0v) is 14.6. The summed E-state index contributed by atoms with van der Waals surface area (Å²) in [5.41, 5.74) is 0.321. The van der Waals surface area contributed by atoms with Crippen molar-refractivity contribution in [2.75, 3.05) is 23.9 Å². The molecule has 0 unspecified atom stereocenters. The van der Waals surface area contributed by atoms with Crippen molar-refractivity contribution in [2.24, 2.45) is 5.41 Å². The molecular weight excluding hydrogens is 342 g/mol. The van der Waals surface area contributed by atoms with Gasteiger partial charge in [-0.3, -0.25) is 9.59 Å². The average Bonchev–Trinajstić information content (AvgIpc) is 2.68. The molecule has 2 aromatic carbocycles. The van der Waals surface area contributed by atoms with Gasteiger partial charge in [0.05, 0.1) is 11.1 Å². The van der Waals surface area contributed by atoms with E-state index in [4.69, 9.17) is 4.74 Å². The highest BCUT2D eigenvalue weighted by Gasteiger charge is 2.36. The Kier molecular flexibility index (Phi) is 4.39. The van der Waals surface area contributed by atoms with E-state index in [-0.39, 0.29) is 18.1 Å². The molecule has 1 aliphatic heterocycles. The lowest BCUT2D eigenvalue weighted by molar-refractivity contribution is -0.127. The summed E-state index contributed by atoms with van der Waals surface area (Å²) < 4.78 is 32.0. The Balaban J connectivity index is 1.85. The Bertz CT molecular complexity index is 896. The highest BCUT2D eigenvalue weighted by Crippen LogP contribution is 2.37. The Labute approximate surface area is 149 Å². The van der Waals surface area contributed by atoms with E-state index in [1.165, 1.54) is 11.0 Å². The number of carbonyl (C=O) groups is 2. The van der Waals surface area contributed by atoms with Crippen molar-refractivity contribution in [3.63, 3.8) is 0 Å². The maximum Gasteiger partial charge on any atom is 0.255 e. The van der Waals surface area contributed by atoms with Crippen LogP contribution in [0.1, 0.15) is 24.2 Å². The molecule has 0 radical (unpaired) electrons. The molecule has 0 aliphatic carbocycles. The van der Waals surface area contributed by atoms with Crippen LogP contribution in [0.4, 0.5) is 20.2 Å². The highest BCUT2D eigenvalue weighted by atomic mass is 19.2. The maximum atomic E-state index is 13.3. The number of benzene rings is 2. The summed E-state index contributed by atoms with van der Waals surface area (Å²) in [7, 11) is 1.66. The van der Waals surface area contributed by atoms with Crippen LogP contribution < -0.4 is 15.0 Å². The van der Waals surface area contributed by atoms with Gasteiger partial charge in [0.2, 0.25) is 5.91 Å². The van der Waals surface area contributed by atoms with Crippen molar-refractivity contribution < 1.29 is 23.1 Å². The topological polar surface area (TPSA) is 58.6 Å². The number of nitrogens with zero attached hydrogens (tertiary/aromatic N) is 1. The van der Waals surface area contributed by atoms with Gasteiger partial charge in [-0.05, 0) is 44.2 Å². The number of ether oxygens (including phenoxy) is 1. The zero-order valence-electron chi connectivity index (χ0n) is 14.6. The van der Waals surface area contributed by atoms with Gasteiger partial charge in [-0.2, -0.15) is 0 Å². The molecule has 0 spiro atoms. The van der Waals surface area contributed by atoms with Gasteiger partial charge in [0, 0.05) is 24.4 Å². The molecule has 0 atom stereocenters. The lowest BCUT2D eigenvalue weighted by Crippen LogP contribution is -2.39. The van der Waals surface area contributed by atoms with Crippen molar-refractivity contribution in [2.45, 2.75) is 13.8 Å². The predicted molar refractivity (Wildman–Crippen MR) is 93.4 cm³/mol. The first-order chi connectivity index (χ1) is 12.2. The van der Waals surface area contributed by atoms with Crippen LogP contribution in [0.2, 0.25) is 0 Å². The van der Waals surface area contributed by atoms with Crippen LogP contribution in [0.15, 0.2) is 36.4 Å². The zero-order chi connectivity index (χ0) is 19.1. The number of anilines is 2. The first-order valence-electron chi connectivity index (χ1n) is 8.00. The van der Waals surface area contributed by atoms with Gasteiger partial charge >= 0.3 is 0 Å². The molecule has 26 heavy (non-hydrogen) atoms. The third-order valence-corrected chi connectivity index (χ3v) is 4.23. The minimum atomic E-state index is -1.09. The normalized spacial score (nSPS) is 15.7. The van der Waals surface area contributed by atoms with Gasteiger partial charge in [-0.15, -0.1) is 0 Å². The average molecular weight is 360 g/mol. The summed E-state index contributed by atoms with van der Waals surface area (Å²) in [4.78, 5) is 26.2. The van der Waals surface area contributed by atoms with Crippen LogP contribution in [-0.4, -0.2) is 25.5 Å². The molecule has 0 saturated heterocycles. The number of carbonyl (C=O) groups excluding carboxylic acids is 2. The largest absolute Gasteiger partial charge is 0.490 e. The van der Waals surface area contributed by atoms with Crippen molar-refractivity contribution >= 4 is 23.2 Å². The summed E-state index contributed by atoms with van der Waals surface area (Å²) >= 11 is 0. The first kappa shape index (κ1) is 17.8. The second-order valence-corrected chi connectivity index (χ2v) is 6.80. The number of amides is 2. The van der Waals surface area contributed by atoms with E-state index in [9.17, 15) is 18.4 Å². The molecule has 0 fully saturated rings. The van der Waals surface area contributed by atoms with Gasteiger partial charge < -0.3 is 15.0 Å². The molecule has 1 N–H and O–H groups in total. The Morgan fingerprint density at radius 2 is 1.88 bits per heavy atom. The fraction of sp³-hybridized carbons (Fsp3) is 0.263. The summed E-state index contributed by atoms with van der Waals surface area (Å²) in [5.74, 6) is -2.31. The van der Waals surface area contributed by atoms with Gasteiger partial charge in [0.25, 0.3) is 5.91 Å². The highest BCUT2D eigenvalue weighted by molar-refractivity contribution is 6.05. The van der Waals surface area contributed by atoms with E-state index in [0.29, 0.717) is 17.1 Å². The van der Waals surface area contributed by atoms with Crippen LogP contribution >= 0.6 is 0 Å². The van der Waals surface area contributed by atoms with Crippen LogP contribution in [-0.2, 0) is 4.79 Å². The van der Waals surface area contributed by atoms with E-state index < -0.39 is 23.0 Å². The molecule has 136 valence electrons. The van der Waals surface area contributed by atoms with Crippen LogP contribution in [0, 0.1) is 17.0 Å². The maximum absolute atomic E-state index is 13.3. The lowest BCUT2D eigenvalue weighted by atomic mass is 9.93. The summed E-state index contributed by atoms with van der Waals surface area (Å²) in [6, 6.07) is 7.80. The number of nitrogens with one attached hydrogen (secondary N) is 1. The molecule has 5 nitrogen and oxygen atoms in total. The Morgan fingerprint density at radius 3 is 2.58 bits per heavy atom. The monoisotopic (exact) mass is 360 g/mol. The van der Waals surface area contributed by atoms with E-state index in [1.54, 1.807) is 39.1 Å². The Hall–Kier alpha value is -2.96. The van der Waals surface area contributed by atoms with E-state index in [0.717, 1.165) is 12.1 Å². The summed E-state index contributed by atoms with van der Waals surface area (Å²) in [6.07, 6.45) is 0. The van der Waals surface area contributed by atoms with Gasteiger partial charge in [0.1, 0.15) is 12.4 Å². The number of rotatable bonds is 2. The van der Waals surface area contributed by atoms with Crippen molar-refractivity contribution in [1.29, 1.82) is 0 Å². The first-order valence-corrected chi connectivity index (χ1v) is 8.00. The van der Waals surface area contributed by atoms with Gasteiger partial charge in [0.15, 0.2) is 11.6 Å². The third kappa shape index (κ3) is 3.24. The van der Waals surface area contributed by atoms with Crippen LogP contribution in [0.25, 0.3) is 0 Å². The second kappa shape index (κ2) is 6.40. The van der Waals surface area contributed by atoms with E-state index >= 15 is 0 Å². The van der Waals surface area contributed by atoms with Crippen LogP contribution in [0.5, 0.6) is 5.75 Å². The lowest BCUT2D eigenvalue weighted by Gasteiger charge is -2.24. The molecule has 0 bridgehead atoms. The van der Waals surface area contributed by atoms with Crippen molar-refractivity contribution in [1.82, 2.24) is 0 Å². The molecule has 7 heteroatoms. The van der Waals surface area contributed by atoms with E-state index in [2.05, 4.69) is 5.32 Å². The minimum Gasteiger partial charge on any atom is -0.490 e. The molecule has 2 aromatic rings. The minimum absolute atomic E-state index is 0.00631. The third-order valence-electron chi connectivity index (χ3n) is 4.23. The van der Waals surface area contributed by atoms with Gasteiger partial charge in [-0.25, -0.2) is 8.78 Å². The number of fused-ring (bicyclic) bond motifs is 1. The molecule has 2 amide bonds. The molecule has 1 heterocycles. The number of hydrogen-bond donors (Lipinski definition) is 1. The van der Waals surface area contributed by atoms with Crippen molar-refractivity contribution in [3.8, 4) is 5.75 Å². The number of hydrogen-bond acceptors (Lipinski definition) is 3. The molecular formula is C19H18F2N2O3. The molecule has 0 saturated carbocycles. The fourth-order valence-corrected chi connectivity index (χ4v) is 2.71. The quantitative estimate of drug-likeness (QED) is 0.890. The summed E-state index contributed by atoms with van der Waals surface area (Å²) in [6.45, 7) is 3.79. The molecule has 1 aliphatic rings. The smallest absolute Gasteiger partial charge is 0.255 e. The summed E-state index contributed by atoms with van der Waals surface area (Å²) in [5, 5.41) is 2.61. The van der Waals surface area contributed by atoms with Gasteiger partial charge in [-0.1, -0.05) is 0 Å². The molecule has 0 aromatic heterocycles. The second-order valence-electron chi connectivity index (χ2n) is 6.80. The van der Waals surface area contributed by atoms with Crippen molar-refractivity contribution in [3.05, 3.63) is 53.6 Å². The Morgan fingerprint density at radius 1 is 1.15 bits per heavy atom. The molecule has 3 rings (SSSR count). The van der Waals surface area contributed by atoms with E-state index in [1.807, 2.05) is 0 Å². The van der Waals surface area contributed by atoms with Crippen LogP contribution in [0.3, 0.4) is 0 Å². The predicted octanol–water partition coefficient (Wildman–Crippen LogP) is 3.60. The number of halogens is 2.